The second-order valence-electron chi connectivity index (χ2n) is 9.67. The maximum absolute atomic E-state index is 15.1. The van der Waals surface area contributed by atoms with E-state index in [4.69, 9.17) is 21.1 Å². The zero-order chi connectivity index (χ0) is 25.5. The van der Waals surface area contributed by atoms with Gasteiger partial charge >= 0.3 is 6.03 Å². The number of rotatable bonds is 5. The summed E-state index contributed by atoms with van der Waals surface area (Å²) in [5, 5.41) is 9.59. The standard InChI is InChI=1S/C26H25ClFN5O4/c27-19-10-21(30-26(35)33-17-2-3-22(33)25-16(7-17)8-23(34)31-32-25)20(28)9-18(19)15-1-4-24(29-11-15)37-13-14-5-6-36-12-14/h1,4,8-11,14,17,22H,2-3,5-7,12-13H2,(H,30,35)(H,31,34)/t14?,17-,22+/m0/s1. The Bertz CT molecular complexity index is 1390. The third kappa shape index (κ3) is 4.67. The maximum Gasteiger partial charge on any atom is 0.322 e. The fourth-order valence-corrected chi connectivity index (χ4v) is 5.68. The minimum absolute atomic E-state index is 0.00919. The van der Waals surface area contributed by atoms with E-state index in [0.717, 1.165) is 31.4 Å². The van der Waals surface area contributed by atoms with Gasteiger partial charge in [0.2, 0.25) is 5.88 Å². The number of carbonyl (C=O) groups excluding carboxylic acids is 1. The number of aromatic nitrogens is 3. The van der Waals surface area contributed by atoms with Crippen LogP contribution in [0.5, 0.6) is 5.88 Å². The number of H-pyrrole nitrogens is 1. The number of aromatic amines is 1. The number of carbonyl (C=O) groups is 1. The van der Waals surface area contributed by atoms with Gasteiger partial charge in [0.25, 0.3) is 5.56 Å². The Morgan fingerprint density at radius 2 is 2.16 bits per heavy atom. The van der Waals surface area contributed by atoms with Crippen LogP contribution in [-0.4, -0.2) is 52.0 Å². The van der Waals surface area contributed by atoms with Crippen molar-refractivity contribution in [3.63, 3.8) is 0 Å². The number of amides is 2. The number of nitrogens with one attached hydrogen (secondary N) is 2. The number of hydrogen-bond donors (Lipinski definition) is 2. The predicted octanol–water partition coefficient (Wildman–Crippen LogP) is 4.33. The molecule has 192 valence electrons. The van der Waals surface area contributed by atoms with Crippen LogP contribution in [0.15, 0.2) is 41.3 Å². The van der Waals surface area contributed by atoms with Gasteiger partial charge in [0.1, 0.15) is 5.82 Å². The van der Waals surface area contributed by atoms with Crippen LogP contribution in [0.25, 0.3) is 11.1 Å². The van der Waals surface area contributed by atoms with Gasteiger partial charge in [-0.05, 0) is 49.4 Å². The maximum atomic E-state index is 15.1. The largest absolute Gasteiger partial charge is 0.477 e. The van der Waals surface area contributed by atoms with Gasteiger partial charge in [0.05, 0.1) is 35.7 Å². The van der Waals surface area contributed by atoms with E-state index in [1.165, 1.54) is 12.1 Å². The van der Waals surface area contributed by atoms with E-state index in [1.54, 1.807) is 29.3 Å². The number of ether oxygens (including phenoxy) is 2. The van der Waals surface area contributed by atoms with Gasteiger partial charge < -0.3 is 19.7 Å². The molecule has 2 fully saturated rings. The van der Waals surface area contributed by atoms with Crippen LogP contribution in [0, 0.1) is 11.7 Å². The number of benzene rings is 1. The van der Waals surface area contributed by atoms with Crippen LogP contribution >= 0.6 is 11.6 Å². The Kier molecular flexibility index (Phi) is 6.29. The lowest BCUT2D eigenvalue weighted by Crippen LogP contribution is -2.45. The fraction of sp³-hybridized carbons (Fsp3) is 0.385. The first kappa shape index (κ1) is 23.9. The third-order valence-electron chi connectivity index (χ3n) is 7.27. The highest BCUT2D eigenvalue weighted by molar-refractivity contribution is 6.33. The lowest BCUT2D eigenvalue weighted by molar-refractivity contribution is 0.165. The van der Waals surface area contributed by atoms with Crippen LogP contribution in [0.2, 0.25) is 5.02 Å². The minimum atomic E-state index is -0.610. The summed E-state index contributed by atoms with van der Waals surface area (Å²) in [4.78, 5) is 30.8. The molecule has 2 N–H and O–H groups in total. The molecule has 3 atom stereocenters. The lowest BCUT2D eigenvalue weighted by Gasteiger charge is -2.35. The number of urea groups is 1. The molecule has 0 saturated carbocycles. The molecule has 6 rings (SSSR count). The van der Waals surface area contributed by atoms with Crippen molar-refractivity contribution >= 4 is 23.3 Å². The molecule has 37 heavy (non-hydrogen) atoms. The normalized spacial score (nSPS) is 22.1. The molecule has 11 heteroatoms. The van der Waals surface area contributed by atoms with E-state index in [0.29, 0.717) is 48.3 Å². The van der Waals surface area contributed by atoms with Gasteiger partial charge in [-0.2, -0.15) is 5.10 Å². The molecule has 2 saturated heterocycles. The number of anilines is 1. The van der Waals surface area contributed by atoms with Gasteiger partial charge in [0, 0.05) is 48.0 Å². The highest BCUT2D eigenvalue weighted by Crippen LogP contribution is 2.42. The van der Waals surface area contributed by atoms with Crippen molar-refractivity contribution in [1.82, 2.24) is 20.1 Å². The van der Waals surface area contributed by atoms with Crippen molar-refractivity contribution < 1.29 is 18.7 Å². The van der Waals surface area contributed by atoms with Gasteiger partial charge in [-0.25, -0.2) is 19.3 Å². The highest BCUT2D eigenvalue weighted by atomic mass is 35.5. The number of hydrogen-bond acceptors (Lipinski definition) is 6. The summed E-state index contributed by atoms with van der Waals surface area (Å²) in [6, 6.07) is 6.96. The summed E-state index contributed by atoms with van der Waals surface area (Å²) in [6.07, 6.45) is 4.61. The first-order chi connectivity index (χ1) is 18.0. The molecule has 3 aromatic rings. The molecular formula is C26H25ClFN5O4. The first-order valence-corrected chi connectivity index (χ1v) is 12.7. The molecular weight excluding hydrogens is 501 g/mol. The number of halogens is 2. The SMILES string of the molecule is O=C(Nc1cc(Cl)c(-c2ccc(OCC3CCOC3)nc2)cc1F)N1[C@H]2CC[C@@H]1c1n[nH]c(=O)cc1C2. The predicted molar refractivity (Wildman–Crippen MR) is 134 cm³/mol. The monoisotopic (exact) mass is 525 g/mol. The van der Waals surface area contributed by atoms with E-state index >= 15 is 4.39 Å². The third-order valence-corrected chi connectivity index (χ3v) is 7.58. The summed E-state index contributed by atoms with van der Waals surface area (Å²) in [5.74, 6) is 0.233. The fourth-order valence-electron chi connectivity index (χ4n) is 5.40. The Labute approximate surface area is 216 Å². The van der Waals surface area contributed by atoms with Crippen LogP contribution in [0.3, 0.4) is 0 Å². The summed E-state index contributed by atoms with van der Waals surface area (Å²) in [6.45, 7) is 1.99. The van der Waals surface area contributed by atoms with Crippen molar-refractivity contribution in [2.75, 3.05) is 25.1 Å². The average molecular weight is 526 g/mol. The zero-order valence-corrected chi connectivity index (χ0v) is 20.6. The highest BCUT2D eigenvalue weighted by Gasteiger charge is 2.44. The van der Waals surface area contributed by atoms with E-state index in [-0.39, 0.29) is 28.4 Å². The Balaban J connectivity index is 1.16. The summed E-state index contributed by atoms with van der Waals surface area (Å²) < 4.78 is 26.2. The Morgan fingerprint density at radius 3 is 2.95 bits per heavy atom. The quantitative estimate of drug-likeness (QED) is 0.513. The van der Waals surface area contributed by atoms with Gasteiger partial charge in [0.15, 0.2) is 0 Å². The summed E-state index contributed by atoms with van der Waals surface area (Å²) >= 11 is 6.50. The molecule has 3 aliphatic rings. The second kappa shape index (κ2) is 9.75. The average Bonchev–Trinajstić information content (AvgIpc) is 3.52. The van der Waals surface area contributed by atoms with Gasteiger partial charge in [-0.15, -0.1) is 0 Å². The molecule has 0 spiro atoms. The molecule has 9 nitrogen and oxygen atoms in total. The molecule has 1 aromatic carbocycles. The summed E-state index contributed by atoms with van der Waals surface area (Å²) in [7, 11) is 0. The zero-order valence-electron chi connectivity index (χ0n) is 19.9. The second-order valence-corrected chi connectivity index (χ2v) is 10.1. The van der Waals surface area contributed by atoms with Crippen molar-refractivity contribution in [3.8, 4) is 17.0 Å². The first-order valence-electron chi connectivity index (χ1n) is 12.3. The molecule has 1 unspecified atom stereocenters. The molecule has 0 radical (unpaired) electrons. The smallest absolute Gasteiger partial charge is 0.322 e. The Hall–Kier alpha value is -3.50. The Morgan fingerprint density at radius 1 is 1.27 bits per heavy atom. The minimum Gasteiger partial charge on any atom is -0.477 e. The topological polar surface area (TPSA) is 109 Å². The van der Waals surface area contributed by atoms with Crippen LogP contribution in [0.1, 0.15) is 36.6 Å². The molecule has 3 aliphatic heterocycles. The van der Waals surface area contributed by atoms with Crippen molar-refractivity contribution in [1.29, 1.82) is 0 Å². The summed E-state index contributed by atoms with van der Waals surface area (Å²) in [5.41, 5.74) is 2.37. The number of nitrogens with zero attached hydrogens (tertiary/aromatic N) is 3. The van der Waals surface area contributed by atoms with Crippen molar-refractivity contribution in [2.24, 2.45) is 5.92 Å². The van der Waals surface area contributed by atoms with Crippen LogP contribution < -0.4 is 15.6 Å². The van der Waals surface area contributed by atoms with Crippen molar-refractivity contribution in [3.05, 3.63) is 69.0 Å². The molecule has 2 bridgehead atoms. The van der Waals surface area contributed by atoms with Crippen LogP contribution in [0.4, 0.5) is 14.9 Å². The van der Waals surface area contributed by atoms with Crippen molar-refractivity contribution in [2.45, 2.75) is 37.8 Å². The molecule has 2 amide bonds. The van der Waals surface area contributed by atoms with Crippen LogP contribution in [-0.2, 0) is 11.2 Å². The molecule has 5 heterocycles. The van der Waals surface area contributed by atoms with Gasteiger partial charge in [-0.1, -0.05) is 11.6 Å². The van der Waals surface area contributed by atoms with E-state index in [2.05, 4.69) is 20.5 Å². The number of pyridine rings is 1. The molecule has 2 aromatic heterocycles. The lowest BCUT2D eigenvalue weighted by atomic mass is 9.99. The van der Waals surface area contributed by atoms with E-state index < -0.39 is 11.8 Å². The van der Waals surface area contributed by atoms with E-state index in [1.807, 2.05) is 0 Å². The number of fused-ring (bicyclic) bond motifs is 4. The van der Waals surface area contributed by atoms with Gasteiger partial charge in [-0.3, -0.25) is 4.79 Å². The molecule has 0 aliphatic carbocycles. The van der Waals surface area contributed by atoms with E-state index in [9.17, 15) is 9.59 Å².